The Labute approximate surface area is 268 Å². The number of aromatic nitrogens is 4. The fraction of sp³-hybridized carbons (Fsp3) is 0.0500. The Bertz CT molecular complexity index is 1920. The van der Waals surface area contributed by atoms with Crippen LogP contribution >= 0.6 is 0 Å². The van der Waals surface area contributed by atoms with E-state index < -0.39 is 0 Å². The van der Waals surface area contributed by atoms with Crippen LogP contribution in [0.5, 0.6) is 0 Å². The standard InChI is InChI=1S/C40H30N6/c1-5-16-30(17-6-1)45(31-18-7-2-8-19-31)39-42-38(36-25-13-24-35-34(36)27-26-29-15-14-28-41-37(29)35)43-40(44-39)46(32-20-9-3-10-21-32)33-22-11-4-12-23-33/h1-25,28H,26-27H2. The van der Waals surface area contributed by atoms with Crippen molar-refractivity contribution in [1.29, 1.82) is 0 Å². The first-order valence-electron chi connectivity index (χ1n) is 15.5. The second-order valence-electron chi connectivity index (χ2n) is 11.1. The van der Waals surface area contributed by atoms with E-state index in [4.69, 9.17) is 19.9 Å². The van der Waals surface area contributed by atoms with E-state index in [-0.39, 0.29) is 0 Å². The molecule has 8 rings (SSSR count). The molecule has 0 radical (unpaired) electrons. The van der Waals surface area contributed by atoms with Crippen LogP contribution in [0.1, 0.15) is 11.1 Å². The van der Waals surface area contributed by atoms with Crippen LogP contribution in [0, 0.1) is 0 Å². The zero-order chi connectivity index (χ0) is 30.7. The summed E-state index contributed by atoms with van der Waals surface area (Å²) >= 11 is 0. The lowest BCUT2D eigenvalue weighted by atomic mass is 9.86. The Hall–Kier alpha value is -6.14. The van der Waals surface area contributed by atoms with Gasteiger partial charge in [-0.05, 0) is 78.6 Å². The molecule has 46 heavy (non-hydrogen) atoms. The molecule has 2 aromatic heterocycles. The van der Waals surface area contributed by atoms with Crippen LogP contribution in [0.25, 0.3) is 22.6 Å². The SMILES string of the molecule is c1ccc(N(c2ccccc2)c2nc(-c3cccc4c3CCc3cccnc3-4)nc(N(c3ccccc3)c3ccccc3)n2)cc1. The first kappa shape index (κ1) is 27.4. The Balaban J connectivity index is 1.40. The summed E-state index contributed by atoms with van der Waals surface area (Å²) < 4.78 is 0. The first-order chi connectivity index (χ1) is 22.8. The van der Waals surface area contributed by atoms with Crippen molar-refractivity contribution in [3.8, 4) is 22.6 Å². The number of pyridine rings is 1. The molecule has 6 heteroatoms. The summed E-state index contributed by atoms with van der Waals surface area (Å²) in [5.41, 5.74) is 9.44. The summed E-state index contributed by atoms with van der Waals surface area (Å²) in [6.45, 7) is 0. The molecule has 1 aliphatic carbocycles. The predicted molar refractivity (Wildman–Crippen MR) is 185 cm³/mol. The molecule has 220 valence electrons. The lowest BCUT2D eigenvalue weighted by molar-refractivity contribution is 0.922. The van der Waals surface area contributed by atoms with Gasteiger partial charge in [-0.15, -0.1) is 0 Å². The number of nitrogens with zero attached hydrogens (tertiary/aromatic N) is 6. The van der Waals surface area contributed by atoms with Crippen LogP contribution in [0.4, 0.5) is 34.6 Å². The summed E-state index contributed by atoms with van der Waals surface area (Å²) in [6, 6.07) is 51.5. The number of rotatable bonds is 7. The van der Waals surface area contributed by atoms with Gasteiger partial charge in [0.1, 0.15) is 0 Å². The number of hydrogen-bond donors (Lipinski definition) is 0. The van der Waals surface area contributed by atoms with Crippen LogP contribution in [0.15, 0.2) is 158 Å². The van der Waals surface area contributed by atoms with Crippen LogP contribution in [-0.2, 0) is 12.8 Å². The summed E-state index contributed by atoms with van der Waals surface area (Å²) in [5.74, 6) is 1.67. The molecular weight excluding hydrogens is 564 g/mol. The topological polar surface area (TPSA) is 58.0 Å². The molecule has 0 bridgehead atoms. The van der Waals surface area contributed by atoms with E-state index >= 15 is 0 Å². The minimum absolute atomic E-state index is 0.529. The minimum atomic E-state index is 0.529. The van der Waals surface area contributed by atoms with E-state index in [9.17, 15) is 0 Å². The van der Waals surface area contributed by atoms with Crippen molar-refractivity contribution in [2.24, 2.45) is 0 Å². The van der Waals surface area contributed by atoms with Gasteiger partial charge in [0.05, 0.1) is 5.69 Å². The van der Waals surface area contributed by atoms with Crippen molar-refractivity contribution >= 4 is 34.6 Å². The minimum Gasteiger partial charge on any atom is -0.279 e. The summed E-state index contributed by atoms with van der Waals surface area (Å²) in [6.07, 6.45) is 3.66. The predicted octanol–water partition coefficient (Wildman–Crippen LogP) is 9.64. The van der Waals surface area contributed by atoms with Crippen molar-refractivity contribution in [1.82, 2.24) is 19.9 Å². The van der Waals surface area contributed by atoms with Crippen molar-refractivity contribution in [2.45, 2.75) is 12.8 Å². The molecule has 5 aromatic carbocycles. The molecule has 0 fully saturated rings. The summed E-state index contributed by atoms with van der Waals surface area (Å²) in [4.78, 5) is 24.7. The Kier molecular flexibility index (Phi) is 7.21. The van der Waals surface area contributed by atoms with E-state index in [1.54, 1.807) is 0 Å². The third kappa shape index (κ3) is 5.16. The highest BCUT2D eigenvalue weighted by Crippen LogP contribution is 2.40. The number of para-hydroxylation sites is 4. The zero-order valence-corrected chi connectivity index (χ0v) is 25.1. The molecule has 0 spiro atoms. The van der Waals surface area contributed by atoms with Gasteiger partial charge < -0.3 is 0 Å². The van der Waals surface area contributed by atoms with Gasteiger partial charge in [-0.1, -0.05) is 97.1 Å². The molecular formula is C40H30N6. The van der Waals surface area contributed by atoms with Gasteiger partial charge in [0.2, 0.25) is 11.9 Å². The molecule has 0 atom stereocenters. The third-order valence-electron chi connectivity index (χ3n) is 8.28. The van der Waals surface area contributed by atoms with E-state index in [0.717, 1.165) is 52.4 Å². The zero-order valence-electron chi connectivity index (χ0n) is 25.1. The largest absolute Gasteiger partial charge is 0.279 e. The van der Waals surface area contributed by atoms with Crippen LogP contribution in [0.3, 0.4) is 0 Å². The quantitative estimate of drug-likeness (QED) is 0.183. The van der Waals surface area contributed by atoms with E-state index in [1.807, 2.05) is 85.1 Å². The van der Waals surface area contributed by atoms with Crippen molar-refractivity contribution in [3.05, 3.63) is 169 Å². The molecule has 6 nitrogen and oxygen atoms in total. The first-order valence-corrected chi connectivity index (χ1v) is 15.5. The molecule has 1 aliphatic rings. The van der Waals surface area contributed by atoms with Crippen LogP contribution in [0.2, 0.25) is 0 Å². The molecule has 0 saturated carbocycles. The highest BCUT2D eigenvalue weighted by molar-refractivity contribution is 5.81. The number of benzene rings is 5. The molecule has 0 aliphatic heterocycles. The molecule has 0 unspecified atom stereocenters. The maximum atomic E-state index is 5.25. The van der Waals surface area contributed by atoms with Crippen molar-refractivity contribution in [3.63, 3.8) is 0 Å². The molecule has 2 heterocycles. The number of aryl methyl sites for hydroxylation is 1. The van der Waals surface area contributed by atoms with Crippen LogP contribution < -0.4 is 9.80 Å². The van der Waals surface area contributed by atoms with E-state index in [0.29, 0.717) is 17.7 Å². The maximum Gasteiger partial charge on any atom is 0.240 e. The van der Waals surface area contributed by atoms with Crippen molar-refractivity contribution in [2.75, 3.05) is 9.80 Å². The summed E-state index contributed by atoms with van der Waals surface area (Å²) in [7, 11) is 0. The fourth-order valence-corrected chi connectivity index (χ4v) is 6.17. The number of anilines is 6. The molecule has 0 N–H and O–H groups in total. The normalized spacial score (nSPS) is 11.7. The van der Waals surface area contributed by atoms with Gasteiger partial charge >= 0.3 is 0 Å². The lowest BCUT2D eigenvalue weighted by Gasteiger charge is -2.28. The maximum absolute atomic E-state index is 5.25. The van der Waals surface area contributed by atoms with E-state index in [1.165, 1.54) is 11.1 Å². The average molecular weight is 595 g/mol. The van der Waals surface area contributed by atoms with Crippen molar-refractivity contribution < 1.29 is 0 Å². The molecule has 0 amide bonds. The number of hydrogen-bond acceptors (Lipinski definition) is 6. The molecule has 7 aromatic rings. The second kappa shape index (κ2) is 12.1. The van der Waals surface area contributed by atoms with Gasteiger partial charge in [-0.3, -0.25) is 14.8 Å². The fourth-order valence-electron chi connectivity index (χ4n) is 6.17. The monoisotopic (exact) mass is 594 g/mol. The van der Waals surface area contributed by atoms with E-state index in [2.05, 4.69) is 82.6 Å². The van der Waals surface area contributed by atoms with Gasteiger partial charge in [0.15, 0.2) is 5.82 Å². The van der Waals surface area contributed by atoms with Gasteiger partial charge in [0, 0.05) is 40.1 Å². The Morgan fingerprint density at radius 1 is 0.413 bits per heavy atom. The Morgan fingerprint density at radius 2 is 0.891 bits per heavy atom. The Morgan fingerprint density at radius 3 is 1.39 bits per heavy atom. The second-order valence-corrected chi connectivity index (χ2v) is 11.1. The van der Waals surface area contributed by atoms with Gasteiger partial charge in [-0.2, -0.15) is 15.0 Å². The highest BCUT2D eigenvalue weighted by atomic mass is 15.3. The number of fused-ring (bicyclic) bond motifs is 3. The summed E-state index contributed by atoms with van der Waals surface area (Å²) in [5, 5.41) is 0. The third-order valence-corrected chi connectivity index (χ3v) is 8.28. The highest BCUT2D eigenvalue weighted by Gasteiger charge is 2.26. The van der Waals surface area contributed by atoms with Crippen LogP contribution in [-0.4, -0.2) is 19.9 Å². The average Bonchev–Trinajstić information content (AvgIpc) is 3.13. The van der Waals surface area contributed by atoms with Gasteiger partial charge in [0.25, 0.3) is 0 Å². The van der Waals surface area contributed by atoms with Gasteiger partial charge in [-0.25, -0.2) is 0 Å². The smallest absolute Gasteiger partial charge is 0.240 e. The molecule has 0 saturated heterocycles. The lowest BCUT2D eigenvalue weighted by Crippen LogP contribution is -2.19.